The molecule has 5 nitrogen and oxygen atoms in total. The maximum absolute atomic E-state index is 4.56. The van der Waals surface area contributed by atoms with E-state index in [4.69, 9.17) is 0 Å². The van der Waals surface area contributed by atoms with Gasteiger partial charge in [-0.15, -0.1) is 0 Å². The van der Waals surface area contributed by atoms with Crippen molar-refractivity contribution >= 4 is 5.82 Å². The van der Waals surface area contributed by atoms with Crippen LogP contribution in [0.15, 0.2) is 42.7 Å². The van der Waals surface area contributed by atoms with E-state index in [0.29, 0.717) is 6.04 Å². The maximum Gasteiger partial charge on any atom is 0.130 e. The molecule has 0 spiro atoms. The van der Waals surface area contributed by atoms with Gasteiger partial charge in [0.15, 0.2) is 0 Å². The number of aromatic nitrogens is 4. The van der Waals surface area contributed by atoms with Crippen LogP contribution in [0.1, 0.15) is 35.8 Å². The zero-order valence-electron chi connectivity index (χ0n) is 13.1. The third-order valence-corrected chi connectivity index (χ3v) is 4.32. The zero-order chi connectivity index (χ0) is 15.6. The van der Waals surface area contributed by atoms with Crippen LogP contribution in [0, 0.1) is 6.92 Å². The maximum atomic E-state index is 4.56. The fraction of sp³-hybridized carbons (Fsp3) is 0.278. The lowest BCUT2D eigenvalue weighted by Gasteiger charge is -2.27. The molecule has 1 atom stereocenters. The van der Waals surface area contributed by atoms with E-state index < -0.39 is 0 Å². The molecule has 0 bridgehead atoms. The van der Waals surface area contributed by atoms with Crippen LogP contribution in [0.2, 0.25) is 0 Å². The van der Waals surface area contributed by atoms with Gasteiger partial charge in [0.2, 0.25) is 0 Å². The summed E-state index contributed by atoms with van der Waals surface area (Å²) in [5.41, 5.74) is 4.69. The second-order valence-electron chi connectivity index (χ2n) is 5.96. The van der Waals surface area contributed by atoms with E-state index in [1.807, 2.05) is 19.2 Å². The fourth-order valence-electron chi connectivity index (χ4n) is 3.26. The van der Waals surface area contributed by atoms with E-state index in [-0.39, 0.29) is 0 Å². The normalized spacial score (nSPS) is 16.8. The van der Waals surface area contributed by atoms with Gasteiger partial charge in [0, 0.05) is 17.8 Å². The molecule has 1 aliphatic carbocycles. The molecule has 0 amide bonds. The second kappa shape index (κ2) is 5.83. The van der Waals surface area contributed by atoms with Crippen molar-refractivity contribution in [3.8, 4) is 11.3 Å². The third-order valence-electron chi connectivity index (χ3n) is 4.32. The standard InChI is InChI=1S/C18H19N5/c1-12-21-17(14-10-19-20-11-14)9-18(22-12)23-16-8-4-6-13-5-2-3-7-15(13)16/h2-3,5,7,9-11,16H,4,6,8H2,1H3,(H,19,20)(H,21,22,23)/t16-/m1/s1. The Morgan fingerprint density at radius 2 is 2.13 bits per heavy atom. The number of hydrogen-bond donors (Lipinski definition) is 2. The van der Waals surface area contributed by atoms with Crippen molar-refractivity contribution in [1.82, 2.24) is 20.2 Å². The summed E-state index contributed by atoms with van der Waals surface area (Å²) in [6.07, 6.45) is 7.12. The Hall–Kier alpha value is -2.69. The summed E-state index contributed by atoms with van der Waals surface area (Å²) in [5, 5.41) is 10.4. The average molecular weight is 305 g/mol. The largest absolute Gasteiger partial charge is 0.363 e. The molecule has 0 unspecified atom stereocenters. The summed E-state index contributed by atoms with van der Waals surface area (Å²) in [6, 6.07) is 11.0. The fourth-order valence-corrected chi connectivity index (χ4v) is 3.26. The number of nitrogens with one attached hydrogen (secondary N) is 2. The molecule has 0 radical (unpaired) electrons. The molecule has 5 heteroatoms. The van der Waals surface area contributed by atoms with Gasteiger partial charge in [-0.05, 0) is 37.3 Å². The van der Waals surface area contributed by atoms with Gasteiger partial charge in [-0.25, -0.2) is 9.97 Å². The Labute approximate surface area is 135 Å². The van der Waals surface area contributed by atoms with E-state index in [1.165, 1.54) is 17.5 Å². The highest BCUT2D eigenvalue weighted by Crippen LogP contribution is 2.32. The summed E-state index contributed by atoms with van der Waals surface area (Å²) in [6.45, 7) is 1.92. The highest BCUT2D eigenvalue weighted by atomic mass is 15.1. The lowest BCUT2D eigenvalue weighted by atomic mass is 9.88. The van der Waals surface area contributed by atoms with Crippen molar-refractivity contribution in [3.05, 3.63) is 59.7 Å². The van der Waals surface area contributed by atoms with Crippen LogP contribution in [0.3, 0.4) is 0 Å². The van der Waals surface area contributed by atoms with Crippen LogP contribution in [-0.2, 0) is 6.42 Å². The lowest BCUT2D eigenvalue weighted by molar-refractivity contribution is 0.598. The Bertz CT molecular complexity index is 810. The number of fused-ring (bicyclic) bond motifs is 1. The predicted molar refractivity (Wildman–Crippen MR) is 90.1 cm³/mol. The first-order chi connectivity index (χ1) is 11.3. The van der Waals surface area contributed by atoms with E-state index in [9.17, 15) is 0 Å². The van der Waals surface area contributed by atoms with Crippen molar-refractivity contribution in [2.24, 2.45) is 0 Å². The molecule has 0 saturated carbocycles. The molecule has 0 aliphatic heterocycles. The Morgan fingerprint density at radius 1 is 1.22 bits per heavy atom. The van der Waals surface area contributed by atoms with Crippen molar-refractivity contribution < 1.29 is 0 Å². The molecule has 1 aromatic carbocycles. The van der Waals surface area contributed by atoms with Gasteiger partial charge < -0.3 is 5.32 Å². The summed E-state index contributed by atoms with van der Waals surface area (Å²) < 4.78 is 0. The summed E-state index contributed by atoms with van der Waals surface area (Å²) in [5.74, 6) is 1.63. The number of benzene rings is 1. The number of rotatable bonds is 3. The highest BCUT2D eigenvalue weighted by Gasteiger charge is 2.20. The van der Waals surface area contributed by atoms with Crippen LogP contribution in [0.5, 0.6) is 0 Å². The molecule has 2 N–H and O–H groups in total. The Morgan fingerprint density at radius 3 is 3.00 bits per heavy atom. The molecular formula is C18H19N5. The number of hydrogen-bond acceptors (Lipinski definition) is 4. The highest BCUT2D eigenvalue weighted by molar-refractivity contribution is 5.61. The second-order valence-corrected chi connectivity index (χ2v) is 5.96. The number of aromatic amines is 1. The molecule has 0 fully saturated rings. The molecule has 116 valence electrons. The molecular weight excluding hydrogens is 286 g/mol. The molecule has 2 aromatic heterocycles. The predicted octanol–water partition coefficient (Wildman–Crippen LogP) is 3.66. The molecule has 1 aliphatic rings. The van der Waals surface area contributed by atoms with Crippen LogP contribution < -0.4 is 5.32 Å². The molecule has 23 heavy (non-hydrogen) atoms. The van der Waals surface area contributed by atoms with Crippen molar-refractivity contribution in [1.29, 1.82) is 0 Å². The first-order valence-electron chi connectivity index (χ1n) is 7.99. The minimum absolute atomic E-state index is 0.312. The van der Waals surface area contributed by atoms with Gasteiger partial charge in [-0.2, -0.15) is 5.10 Å². The van der Waals surface area contributed by atoms with E-state index in [1.54, 1.807) is 6.20 Å². The van der Waals surface area contributed by atoms with Crippen molar-refractivity contribution in [3.63, 3.8) is 0 Å². The number of anilines is 1. The minimum Gasteiger partial charge on any atom is -0.363 e. The van der Waals surface area contributed by atoms with Gasteiger partial charge in [0.05, 0.1) is 17.9 Å². The van der Waals surface area contributed by atoms with Crippen molar-refractivity contribution in [2.75, 3.05) is 5.32 Å². The van der Waals surface area contributed by atoms with Crippen LogP contribution in [-0.4, -0.2) is 20.2 Å². The SMILES string of the molecule is Cc1nc(N[C@@H]2CCCc3ccccc32)cc(-c2cn[nH]c2)n1. The number of aryl methyl sites for hydroxylation is 2. The van der Waals surface area contributed by atoms with Gasteiger partial charge in [-0.1, -0.05) is 24.3 Å². The Balaban J connectivity index is 1.65. The zero-order valence-corrected chi connectivity index (χ0v) is 13.1. The van der Waals surface area contributed by atoms with Gasteiger partial charge >= 0.3 is 0 Å². The Kier molecular flexibility index (Phi) is 3.54. The average Bonchev–Trinajstić information content (AvgIpc) is 3.09. The summed E-state index contributed by atoms with van der Waals surface area (Å²) in [4.78, 5) is 9.06. The van der Waals surface area contributed by atoms with Crippen molar-refractivity contribution in [2.45, 2.75) is 32.2 Å². The number of nitrogens with zero attached hydrogens (tertiary/aromatic N) is 3. The molecule has 2 heterocycles. The van der Waals surface area contributed by atoms with Crippen LogP contribution in [0.25, 0.3) is 11.3 Å². The quantitative estimate of drug-likeness (QED) is 0.775. The van der Waals surface area contributed by atoms with Crippen LogP contribution in [0.4, 0.5) is 5.82 Å². The lowest BCUT2D eigenvalue weighted by Crippen LogP contribution is -2.18. The van der Waals surface area contributed by atoms with E-state index in [0.717, 1.165) is 35.7 Å². The summed E-state index contributed by atoms with van der Waals surface area (Å²) >= 11 is 0. The monoisotopic (exact) mass is 305 g/mol. The first-order valence-corrected chi connectivity index (χ1v) is 7.99. The first kappa shape index (κ1) is 13.9. The van der Waals surface area contributed by atoms with Gasteiger partial charge in [0.25, 0.3) is 0 Å². The molecule has 3 aromatic rings. The molecule has 4 rings (SSSR count). The van der Waals surface area contributed by atoms with E-state index >= 15 is 0 Å². The molecule has 0 saturated heterocycles. The third kappa shape index (κ3) is 2.82. The summed E-state index contributed by atoms with van der Waals surface area (Å²) in [7, 11) is 0. The van der Waals surface area contributed by atoms with Crippen LogP contribution >= 0.6 is 0 Å². The smallest absolute Gasteiger partial charge is 0.130 e. The van der Waals surface area contributed by atoms with Gasteiger partial charge in [-0.3, -0.25) is 5.10 Å². The van der Waals surface area contributed by atoms with E-state index in [2.05, 4.69) is 49.7 Å². The minimum atomic E-state index is 0.312. The number of H-pyrrole nitrogens is 1. The topological polar surface area (TPSA) is 66.5 Å². The van der Waals surface area contributed by atoms with Gasteiger partial charge in [0.1, 0.15) is 11.6 Å².